The Morgan fingerprint density at radius 1 is 1.21 bits per heavy atom. The van der Waals surface area contributed by atoms with E-state index in [0.29, 0.717) is 12.1 Å². The Balaban J connectivity index is 1.65. The quantitative estimate of drug-likeness (QED) is 0.663. The first-order chi connectivity index (χ1) is 13.3. The third kappa shape index (κ3) is 4.42. The van der Waals surface area contributed by atoms with Crippen LogP contribution in [0.2, 0.25) is 0 Å². The molecule has 1 saturated carbocycles. The van der Waals surface area contributed by atoms with Gasteiger partial charge >= 0.3 is 11.8 Å². The van der Waals surface area contributed by atoms with E-state index in [1.807, 2.05) is 12.1 Å². The van der Waals surface area contributed by atoms with Gasteiger partial charge in [-0.2, -0.15) is 0 Å². The second kappa shape index (κ2) is 8.41. The number of carbonyl (C=O) groups is 2. The lowest BCUT2D eigenvalue weighted by Crippen LogP contribution is -2.43. The van der Waals surface area contributed by atoms with Gasteiger partial charge in [-0.3, -0.25) is 9.59 Å². The highest BCUT2D eigenvalue weighted by Crippen LogP contribution is 2.44. The van der Waals surface area contributed by atoms with E-state index in [2.05, 4.69) is 10.6 Å². The molecule has 3 rings (SSSR count). The fourth-order valence-corrected chi connectivity index (χ4v) is 4.80. The molecule has 5 nitrogen and oxygen atoms in total. The van der Waals surface area contributed by atoms with Gasteiger partial charge in [0.15, 0.2) is 0 Å². The molecule has 1 aromatic heterocycles. The van der Waals surface area contributed by atoms with Crippen LogP contribution in [0.25, 0.3) is 0 Å². The number of nitrogens with one attached hydrogen (secondary N) is 2. The van der Waals surface area contributed by atoms with Crippen molar-refractivity contribution < 1.29 is 19.1 Å². The largest absolute Gasteiger partial charge is 0.388 e. The molecule has 28 heavy (non-hydrogen) atoms. The fourth-order valence-electron chi connectivity index (χ4n) is 3.61. The van der Waals surface area contributed by atoms with Crippen LogP contribution in [0.4, 0.5) is 10.1 Å². The van der Waals surface area contributed by atoms with Crippen LogP contribution in [0.15, 0.2) is 30.3 Å². The molecule has 1 aliphatic carbocycles. The molecule has 1 atom stereocenters. The number of rotatable bonds is 5. The second-order valence-corrected chi connectivity index (χ2v) is 8.58. The highest BCUT2D eigenvalue weighted by Gasteiger charge is 2.37. The van der Waals surface area contributed by atoms with Crippen molar-refractivity contribution in [1.29, 1.82) is 0 Å². The zero-order valence-corrected chi connectivity index (χ0v) is 16.9. The lowest BCUT2D eigenvalue weighted by Gasteiger charge is -2.28. The smallest absolute Gasteiger partial charge is 0.313 e. The lowest BCUT2D eigenvalue weighted by molar-refractivity contribution is -0.136. The van der Waals surface area contributed by atoms with Crippen LogP contribution in [-0.4, -0.2) is 23.5 Å². The Labute approximate surface area is 168 Å². The second-order valence-electron chi connectivity index (χ2n) is 7.47. The van der Waals surface area contributed by atoms with Crippen molar-refractivity contribution >= 4 is 28.8 Å². The monoisotopic (exact) mass is 404 g/mol. The van der Waals surface area contributed by atoms with Crippen molar-refractivity contribution in [3.8, 4) is 0 Å². The van der Waals surface area contributed by atoms with Gasteiger partial charge in [0.2, 0.25) is 0 Å². The number of aliphatic hydroxyl groups is 1. The van der Waals surface area contributed by atoms with Gasteiger partial charge in [-0.25, -0.2) is 4.39 Å². The van der Waals surface area contributed by atoms with Gasteiger partial charge in [0.1, 0.15) is 5.82 Å². The first kappa shape index (κ1) is 20.5. The summed E-state index contributed by atoms with van der Waals surface area (Å²) in [4.78, 5) is 26.5. The average Bonchev–Trinajstić information content (AvgIpc) is 3.33. The Morgan fingerprint density at radius 3 is 2.54 bits per heavy atom. The molecule has 0 radical (unpaired) electrons. The standard InChI is InChI=1S/C21H25FN2O3S/c1-13-5-6-15(11-16(13)22)24-20(27)19(26)23-12-21(9-3-4-10-21)18-8-7-17(28-18)14(2)25/h5-8,11,14,25H,3-4,9-10,12H2,1-2H3,(H,23,26)(H,24,27). The minimum Gasteiger partial charge on any atom is -0.388 e. The van der Waals surface area contributed by atoms with Gasteiger partial charge in [0.25, 0.3) is 0 Å². The van der Waals surface area contributed by atoms with Crippen LogP contribution < -0.4 is 10.6 Å². The summed E-state index contributed by atoms with van der Waals surface area (Å²) >= 11 is 1.56. The molecule has 1 aliphatic rings. The van der Waals surface area contributed by atoms with E-state index in [0.717, 1.165) is 35.4 Å². The zero-order chi connectivity index (χ0) is 20.3. The van der Waals surface area contributed by atoms with E-state index in [9.17, 15) is 19.1 Å². The number of anilines is 1. The first-order valence-electron chi connectivity index (χ1n) is 9.44. The number of amides is 2. The van der Waals surface area contributed by atoms with Crippen molar-refractivity contribution in [2.45, 2.75) is 51.0 Å². The first-order valence-corrected chi connectivity index (χ1v) is 10.3. The topological polar surface area (TPSA) is 78.4 Å². The molecule has 150 valence electrons. The molecule has 1 fully saturated rings. The van der Waals surface area contributed by atoms with Crippen LogP contribution in [0.1, 0.15) is 54.0 Å². The minimum absolute atomic E-state index is 0.205. The lowest BCUT2D eigenvalue weighted by atomic mass is 9.84. The average molecular weight is 405 g/mol. The van der Waals surface area contributed by atoms with E-state index in [4.69, 9.17) is 0 Å². The van der Waals surface area contributed by atoms with Crippen LogP contribution in [0.3, 0.4) is 0 Å². The SMILES string of the molecule is Cc1ccc(NC(=O)C(=O)NCC2(c3ccc(C(C)O)s3)CCCC2)cc1F. The molecule has 7 heteroatoms. The molecule has 1 unspecified atom stereocenters. The molecule has 0 spiro atoms. The van der Waals surface area contributed by atoms with Gasteiger partial charge in [-0.05, 0) is 56.5 Å². The molecule has 2 aromatic rings. The highest BCUT2D eigenvalue weighted by atomic mass is 32.1. The number of aryl methyl sites for hydroxylation is 1. The van der Waals surface area contributed by atoms with Crippen LogP contribution >= 0.6 is 11.3 Å². The number of halogens is 1. The summed E-state index contributed by atoms with van der Waals surface area (Å²) < 4.78 is 13.6. The van der Waals surface area contributed by atoms with Crippen molar-refractivity contribution in [3.63, 3.8) is 0 Å². The highest BCUT2D eigenvalue weighted by molar-refractivity contribution is 7.12. The minimum atomic E-state index is -0.813. The van der Waals surface area contributed by atoms with Gasteiger partial charge < -0.3 is 15.7 Å². The molecule has 1 aromatic carbocycles. The number of benzene rings is 1. The van der Waals surface area contributed by atoms with E-state index >= 15 is 0 Å². The molecule has 0 saturated heterocycles. The van der Waals surface area contributed by atoms with Crippen molar-refractivity contribution in [2.75, 3.05) is 11.9 Å². The predicted octanol–water partition coefficient (Wildman–Crippen LogP) is 3.82. The summed E-state index contributed by atoms with van der Waals surface area (Å²) in [6, 6.07) is 8.24. The van der Waals surface area contributed by atoms with Gasteiger partial charge in [0.05, 0.1) is 6.10 Å². The van der Waals surface area contributed by atoms with Crippen LogP contribution in [-0.2, 0) is 15.0 Å². The normalized spacial score (nSPS) is 16.6. The van der Waals surface area contributed by atoms with E-state index in [-0.39, 0.29) is 11.1 Å². The molecular weight excluding hydrogens is 379 g/mol. The third-order valence-corrected chi connectivity index (χ3v) is 6.85. The maximum atomic E-state index is 13.6. The van der Waals surface area contributed by atoms with E-state index in [1.165, 1.54) is 6.07 Å². The third-order valence-electron chi connectivity index (χ3n) is 5.35. The summed E-state index contributed by atoms with van der Waals surface area (Å²) in [5.41, 5.74) is 0.515. The summed E-state index contributed by atoms with van der Waals surface area (Å²) in [7, 11) is 0. The van der Waals surface area contributed by atoms with Crippen molar-refractivity contribution in [1.82, 2.24) is 5.32 Å². The Bertz CT molecular complexity index is 872. The van der Waals surface area contributed by atoms with Crippen molar-refractivity contribution in [3.05, 3.63) is 51.5 Å². The number of hydrogen-bond donors (Lipinski definition) is 3. The summed E-state index contributed by atoms with van der Waals surface area (Å²) in [6.45, 7) is 3.72. The van der Waals surface area contributed by atoms with E-state index in [1.54, 1.807) is 37.3 Å². The molecule has 3 N–H and O–H groups in total. The summed E-state index contributed by atoms with van der Waals surface area (Å²) in [5, 5.41) is 15.0. The Hall–Kier alpha value is -2.25. The van der Waals surface area contributed by atoms with E-state index < -0.39 is 23.7 Å². The maximum Gasteiger partial charge on any atom is 0.313 e. The summed E-state index contributed by atoms with van der Waals surface area (Å²) in [6.07, 6.45) is 3.46. The molecule has 2 amide bonds. The van der Waals surface area contributed by atoms with Gasteiger partial charge in [0, 0.05) is 27.4 Å². The Kier molecular flexibility index (Phi) is 6.15. The fraction of sp³-hybridized carbons (Fsp3) is 0.429. The molecule has 1 heterocycles. The summed E-state index contributed by atoms with van der Waals surface area (Å²) in [5.74, 6) is -1.98. The number of thiophene rings is 1. The Morgan fingerprint density at radius 2 is 1.93 bits per heavy atom. The van der Waals surface area contributed by atoms with Gasteiger partial charge in [-0.1, -0.05) is 18.9 Å². The molecule has 0 bridgehead atoms. The predicted molar refractivity (Wildman–Crippen MR) is 108 cm³/mol. The number of aliphatic hydroxyl groups excluding tert-OH is 1. The van der Waals surface area contributed by atoms with Gasteiger partial charge in [-0.15, -0.1) is 11.3 Å². The number of carbonyl (C=O) groups excluding carboxylic acids is 2. The van der Waals surface area contributed by atoms with Crippen LogP contribution in [0, 0.1) is 12.7 Å². The zero-order valence-electron chi connectivity index (χ0n) is 16.0. The van der Waals surface area contributed by atoms with Crippen molar-refractivity contribution in [2.24, 2.45) is 0 Å². The van der Waals surface area contributed by atoms with Crippen LogP contribution in [0.5, 0.6) is 0 Å². The number of hydrogen-bond acceptors (Lipinski definition) is 4. The molecular formula is C21H25FN2O3S. The molecule has 0 aliphatic heterocycles. The maximum absolute atomic E-state index is 13.6.